The molecular formula is C6H13NO3S. The van der Waals surface area contributed by atoms with Gasteiger partial charge in [-0.3, -0.25) is 0 Å². The van der Waals surface area contributed by atoms with Crippen LogP contribution in [0.1, 0.15) is 6.42 Å². The summed E-state index contributed by atoms with van der Waals surface area (Å²) in [5.41, 5.74) is 0. The van der Waals surface area contributed by atoms with Gasteiger partial charge in [-0.2, -0.15) is 0 Å². The molecule has 0 unspecified atom stereocenters. The summed E-state index contributed by atoms with van der Waals surface area (Å²) in [6, 6.07) is 0. The molecule has 0 aliphatic rings. The van der Waals surface area contributed by atoms with Crippen LogP contribution in [0.2, 0.25) is 0 Å². The lowest BCUT2D eigenvalue weighted by molar-refractivity contribution is 0.197. The third kappa shape index (κ3) is 4.13. The summed E-state index contributed by atoms with van der Waals surface area (Å²) in [4.78, 5) is 0. The van der Waals surface area contributed by atoms with E-state index in [2.05, 4.69) is 11.3 Å². The molecule has 1 atom stereocenters. The summed E-state index contributed by atoms with van der Waals surface area (Å²) in [5, 5.41) is 4.23. The average Bonchev–Trinajstić information content (AvgIpc) is 1.85. The number of rotatable bonds is 5. The van der Waals surface area contributed by atoms with Gasteiger partial charge >= 0.3 is 0 Å². The third-order valence-electron chi connectivity index (χ3n) is 1.25. The van der Waals surface area contributed by atoms with Gasteiger partial charge in [-0.05, 0) is 6.42 Å². The Morgan fingerprint density at radius 1 is 1.73 bits per heavy atom. The van der Waals surface area contributed by atoms with Gasteiger partial charge in [0.05, 0.1) is 6.61 Å². The van der Waals surface area contributed by atoms with Crippen molar-refractivity contribution in [1.29, 1.82) is 0 Å². The van der Waals surface area contributed by atoms with E-state index in [1.54, 1.807) is 0 Å². The van der Waals surface area contributed by atoms with Crippen molar-refractivity contribution >= 4 is 10.0 Å². The molecule has 0 aliphatic carbocycles. The van der Waals surface area contributed by atoms with E-state index in [1.165, 1.54) is 13.2 Å². The first-order valence-corrected chi connectivity index (χ1v) is 4.74. The van der Waals surface area contributed by atoms with Crippen molar-refractivity contribution in [2.45, 2.75) is 11.7 Å². The molecule has 4 nitrogen and oxygen atoms in total. The maximum atomic E-state index is 10.8. The lowest BCUT2D eigenvalue weighted by Gasteiger charge is -2.10. The SMILES string of the molecule is C=CC[C@@H](COC)S(N)(=O)=O. The van der Waals surface area contributed by atoms with Gasteiger partial charge in [-0.1, -0.05) is 6.08 Å². The first-order chi connectivity index (χ1) is 5.02. The van der Waals surface area contributed by atoms with Crippen LogP contribution in [0.4, 0.5) is 0 Å². The molecule has 0 aromatic carbocycles. The van der Waals surface area contributed by atoms with Gasteiger partial charge < -0.3 is 4.74 Å². The fourth-order valence-electron chi connectivity index (χ4n) is 0.669. The fourth-order valence-corrected chi connectivity index (χ4v) is 1.40. The maximum absolute atomic E-state index is 10.8. The largest absolute Gasteiger partial charge is 0.383 e. The topological polar surface area (TPSA) is 69.4 Å². The van der Waals surface area contributed by atoms with Crippen LogP contribution in [0.25, 0.3) is 0 Å². The van der Waals surface area contributed by atoms with E-state index in [-0.39, 0.29) is 6.61 Å². The zero-order valence-corrected chi connectivity index (χ0v) is 7.30. The molecule has 2 N–H and O–H groups in total. The Balaban J connectivity index is 4.21. The molecule has 0 rings (SSSR count). The first-order valence-electron chi connectivity index (χ1n) is 3.13. The van der Waals surface area contributed by atoms with Gasteiger partial charge in [-0.15, -0.1) is 6.58 Å². The van der Waals surface area contributed by atoms with Crippen molar-refractivity contribution in [2.75, 3.05) is 13.7 Å². The van der Waals surface area contributed by atoms with Crippen molar-refractivity contribution in [1.82, 2.24) is 0 Å². The summed E-state index contributed by atoms with van der Waals surface area (Å²) in [5.74, 6) is 0. The number of nitrogens with two attached hydrogens (primary N) is 1. The predicted molar refractivity (Wildman–Crippen MR) is 43.6 cm³/mol. The number of hydrogen-bond acceptors (Lipinski definition) is 3. The second-order valence-electron chi connectivity index (χ2n) is 2.19. The Bertz CT molecular complexity index is 210. The van der Waals surface area contributed by atoms with E-state index < -0.39 is 15.3 Å². The molecule has 0 aromatic rings. The van der Waals surface area contributed by atoms with Crippen LogP contribution in [-0.2, 0) is 14.8 Å². The van der Waals surface area contributed by atoms with Crippen molar-refractivity contribution in [3.8, 4) is 0 Å². The fraction of sp³-hybridized carbons (Fsp3) is 0.667. The molecule has 0 aliphatic heterocycles. The van der Waals surface area contributed by atoms with E-state index in [0.717, 1.165) is 0 Å². The summed E-state index contributed by atoms with van der Waals surface area (Å²) < 4.78 is 26.2. The van der Waals surface area contributed by atoms with E-state index in [9.17, 15) is 8.42 Å². The molecule has 0 heterocycles. The smallest absolute Gasteiger partial charge is 0.214 e. The van der Waals surface area contributed by atoms with Crippen molar-refractivity contribution in [3.05, 3.63) is 12.7 Å². The Kier molecular flexibility index (Phi) is 4.32. The van der Waals surface area contributed by atoms with Crippen molar-refractivity contribution in [3.63, 3.8) is 0 Å². The highest BCUT2D eigenvalue weighted by Crippen LogP contribution is 2.02. The quantitative estimate of drug-likeness (QED) is 0.597. The van der Waals surface area contributed by atoms with Crippen LogP contribution >= 0.6 is 0 Å². The van der Waals surface area contributed by atoms with Crippen LogP contribution in [-0.4, -0.2) is 27.4 Å². The van der Waals surface area contributed by atoms with Crippen molar-refractivity contribution < 1.29 is 13.2 Å². The molecule has 0 aromatic heterocycles. The Hall–Kier alpha value is -0.390. The number of ether oxygens (including phenoxy) is 1. The van der Waals surface area contributed by atoms with Gasteiger partial charge in [0, 0.05) is 7.11 Å². The van der Waals surface area contributed by atoms with Crippen LogP contribution in [0.5, 0.6) is 0 Å². The number of primary sulfonamides is 1. The second-order valence-corrected chi connectivity index (χ2v) is 4.04. The molecule has 0 spiro atoms. The summed E-state index contributed by atoms with van der Waals surface area (Å²) >= 11 is 0. The minimum Gasteiger partial charge on any atom is -0.383 e. The highest BCUT2D eigenvalue weighted by atomic mass is 32.2. The van der Waals surface area contributed by atoms with Gasteiger partial charge in [-0.25, -0.2) is 13.6 Å². The minimum absolute atomic E-state index is 0.116. The lowest BCUT2D eigenvalue weighted by Crippen LogP contribution is -2.31. The Morgan fingerprint density at radius 2 is 2.27 bits per heavy atom. The number of methoxy groups -OCH3 is 1. The summed E-state index contributed by atoms with van der Waals surface area (Å²) in [6.45, 7) is 3.54. The highest BCUT2D eigenvalue weighted by Gasteiger charge is 2.18. The molecule has 0 radical (unpaired) electrons. The average molecular weight is 179 g/mol. The molecule has 0 amide bonds. The number of hydrogen-bond donors (Lipinski definition) is 1. The molecule has 0 bridgehead atoms. The van der Waals surface area contributed by atoms with Crippen LogP contribution < -0.4 is 5.14 Å². The molecule has 5 heteroatoms. The maximum Gasteiger partial charge on any atom is 0.214 e. The van der Waals surface area contributed by atoms with Gasteiger partial charge in [0.2, 0.25) is 10.0 Å². The summed E-state index contributed by atoms with van der Waals surface area (Å²) in [7, 11) is -2.05. The number of allylic oxidation sites excluding steroid dienone is 1. The highest BCUT2D eigenvalue weighted by molar-refractivity contribution is 7.89. The Labute approximate surface area is 67.1 Å². The van der Waals surface area contributed by atoms with E-state index in [0.29, 0.717) is 6.42 Å². The third-order valence-corrected chi connectivity index (χ3v) is 2.50. The van der Waals surface area contributed by atoms with Crippen LogP contribution in [0.3, 0.4) is 0 Å². The molecule has 0 saturated carbocycles. The first kappa shape index (κ1) is 10.6. The second kappa shape index (κ2) is 4.48. The molecule has 11 heavy (non-hydrogen) atoms. The summed E-state index contributed by atoms with van der Waals surface area (Å²) in [6.07, 6.45) is 1.83. The molecule has 0 fully saturated rings. The lowest BCUT2D eigenvalue weighted by atomic mass is 10.3. The van der Waals surface area contributed by atoms with Gasteiger partial charge in [0.15, 0.2) is 0 Å². The van der Waals surface area contributed by atoms with E-state index >= 15 is 0 Å². The molecule has 0 saturated heterocycles. The van der Waals surface area contributed by atoms with Gasteiger partial charge in [0.1, 0.15) is 5.25 Å². The zero-order valence-electron chi connectivity index (χ0n) is 6.49. The molecular weight excluding hydrogens is 166 g/mol. The van der Waals surface area contributed by atoms with Gasteiger partial charge in [0.25, 0.3) is 0 Å². The zero-order chi connectivity index (χ0) is 8.91. The van der Waals surface area contributed by atoms with E-state index in [4.69, 9.17) is 5.14 Å². The van der Waals surface area contributed by atoms with Crippen LogP contribution in [0, 0.1) is 0 Å². The van der Waals surface area contributed by atoms with Crippen molar-refractivity contribution in [2.24, 2.45) is 5.14 Å². The normalized spacial score (nSPS) is 14.4. The predicted octanol–water partition coefficient (Wildman–Crippen LogP) is -0.134. The monoisotopic (exact) mass is 179 g/mol. The number of sulfonamides is 1. The van der Waals surface area contributed by atoms with E-state index in [1.807, 2.05) is 0 Å². The molecule has 66 valence electrons. The standard InChI is InChI=1S/C6H13NO3S/c1-3-4-6(5-10-2)11(7,8)9/h3,6H,1,4-5H2,2H3,(H2,7,8,9)/t6-/m0/s1. The van der Waals surface area contributed by atoms with Crippen LogP contribution in [0.15, 0.2) is 12.7 Å². The minimum atomic E-state index is -3.49. The Morgan fingerprint density at radius 3 is 2.55 bits per heavy atom.